The number of rotatable bonds is 3. The van der Waals surface area contributed by atoms with Gasteiger partial charge in [0.15, 0.2) is 5.17 Å². The average Bonchev–Trinajstić information content (AvgIpc) is 2.85. The zero-order valence-electron chi connectivity index (χ0n) is 13.1. The summed E-state index contributed by atoms with van der Waals surface area (Å²) in [4.78, 5) is 29.7. The van der Waals surface area contributed by atoms with E-state index in [1.54, 1.807) is 31.3 Å². The van der Waals surface area contributed by atoms with Gasteiger partial charge in [-0.15, -0.1) is 0 Å². The van der Waals surface area contributed by atoms with E-state index in [1.165, 1.54) is 28.8 Å². The van der Waals surface area contributed by atoms with Crippen molar-refractivity contribution in [2.24, 2.45) is 4.99 Å². The number of carboxylic acids is 1. The van der Waals surface area contributed by atoms with Crippen LogP contribution in [0.1, 0.15) is 15.9 Å². The number of halogens is 1. The first-order chi connectivity index (χ1) is 12.0. The summed E-state index contributed by atoms with van der Waals surface area (Å²) in [6.45, 7) is 0. The largest absolute Gasteiger partial charge is 0.478 e. The lowest BCUT2D eigenvalue weighted by Crippen LogP contribution is -2.23. The van der Waals surface area contributed by atoms with Crippen LogP contribution >= 0.6 is 23.4 Å². The second-order valence-corrected chi connectivity index (χ2v) is 6.66. The molecule has 0 bridgehead atoms. The zero-order chi connectivity index (χ0) is 18.0. The number of carbonyl (C=O) groups excluding carboxylic acids is 1. The molecular formula is C18H13ClN2O3S. The van der Waals surface area contributed by atoms with Crippen LogP contribution in [0.2, 0.25) is 5.02 Å². The highest BCUT2D eigenvalue weighted by molar-refractivity contribution is 8.18. The lowest BCUT2D eigenvalue weighted by atomic mass is 10.2. The highest BCUT2D eigenvalue weighted by Gasteiger charge is 2.30. The number of carbonyl (C=O) groups is 2. The SMILES string of the molecule is CN1C(=O)/C(=C\c2ccccc2Cl)SC1=Nc1ccc(C(=O)O)cc1. The second-order valence-electron chi connectivity index (χ2n) is 5.24. The smallest absolute Gasteiger partial charge is 0.335 e. The van der Waals surface area contributed by atoms with Crippen molar-refractivity contribution in [1.82, 2.24) is 4.90 Å². The van der Waals surface area contributed by atoms with Gasteiger partial charge in [-0.3, -0.25) is 9.69 Å². The standard InChI is InChI=1S/C18H13ClN2O3S/c1-21-16(22)15(10-12-4-2-3-5-14(12)19)25-18(21)20-13-8-6-11(7-9-13)17(23)24/h2-10H,1H3,(H,23,24)/b15-10+,20-18?. The molecule has 25 heavy (non-hydrogen) atoms. The van der Waals surface area contributed by atoms with Gasteiger partial charge in [-0.25, -0.2) is 9.79 Å². The van der Waals surface area contributed by atoms with E-state index < -0.39 is 5.97 Å². The molecule has 0 saturated carbocycles. The van der Waals surface area contributed by atoms with Crippen LogP contribution in [-0.4, -0.2) is 34.1 Å². The molecule has 1 aliphatic heterocycles. The first-order valence-electron chi connectivity index (χ1n) is 7.30. The minimum absolute atomic E-state index is 0.161. The molecule has 5 nitrogen and oxygen atoms in total. The van der Waals surface area contributed by atoms with E-state index in [1.807, 2.05) is 18.2 Å². The number of likely N-dealkylation sites (N-methyl/N-ethyl adjacent to an activating group) is 1. The van der Waals surface area contributed by atoms with Crippen molar-refractivity contribution in [3.05, 3.63) is 69.6 Å². The van der Waals surface area contributed by atoms with Gasteiger partial charge in [0.1, 0.15) is 0 Å². The van der Waals surface area contributed by atoms with Crippen LogP contribution in [0.15, 0.2) is 58.4 Å². The maximum Gasteiger partial charge on any atom is 0.335 e. The van der Waals surface area contributed by atoms with Crippen LogP contribution in [0.5, 0.6) is 0 Å². The number of aromatic carboxylic acids is 1. The van der Waals surface area contributed by atoms with E-state index in [-0.39, 0.29) is 11.5 Å². The van der Waals surface area contributed by atoms with Crippen LogP contribution in [0.3, 0.4) is 0 Å². The predicted molar refractivity (Wildman–Crippen MR) is 100 cm³/mol. The summed E-state index contributed by atoms with van der Waals surface area (Å²) in [5, 5.41) is 10.0. The van der Waals surface area contributed by atoms with Gasteiger partial charge < -0.3 is 5.11 Å². The van der Waals surface area contributed by atoms with Gasteiger partial charge in [0.2, 0.25) is 0 Å². The van der Waals surface area contributed by atoms with E-state index in [0.717, 1.165) is 5.56 Å². The van der Waals surface area contributed by atoms with Gasteiger partial charge in [-0.05, 0) is 53.7 Å². The summed E-state index contributed by atoms with van der Waals surface area (Å²) < 4.78 is 0. The lowest BCUT2D eigenvalue weighted by Gasteiger charge is -2.07. The lowest BCUT2D eigenvalue weighted by molar-refractivity contribution is -0.121. The zero-order valence-corrected chi connectivity index (χ0v) is 14.7. The summed E-state index contributed by atoms with van der Waals surface area (Å²) in [6.07, 6.45) is 1.74. The van der Waals surface area contributed by atoms with Crippen LogP contribution in [0, 0.1) is 0 Å². The molecule has 2 aromatic carbocycles. The Morgan fingerprint density at radius 3 is 2.52 bits per heavy atom. The molecule has 0 atom stereocenters. The molecule has 1 amide bonds. The molecule has 0 spiro atoms. The molecule has 1 heterocycles. The molecule has 0 aromatic heterocycles. The summed E-state index contributed by atoms with van der Waals surface area (Å²) in [5.41, 5.74) is 1.53. The summed E-state index contributed by atoms with van der Waals surface area (Å²) >= 11 is 7.38. The third-order valence-corrected chi connectivity index (χ3v) is 4.94. The van der Waals surface area contributed by atoms with Gasteiger partial charge in [0.05, 0.1) is 16.2 Å². The molecule has 126 valence electrons. The molecule has 1 fully saturated rings. The Morgan fingerprint density at radius 2 is 1.88 bits per heavy atom. The first kappa shape index (κ1) is 17.3. The maximum atomic E-state index is 12.4. The van der Waals surface area contributed by atoms with Crippen LogP contribution in [-0.2, 0) is 4.79 Å². The molecule has 1 saturated heterocycles. The highest BCUT2D eigenvalue weighted by atomic mass is 35.5. The van der Waals surface area contributed by atoms with Crippen molar-refractivity contribution < 1.29 is 14.7 Å². The highest BCUT2D eigenvalue weighted by Crippen LogP contribution is 2.34. The Hall–Kier alpha value is -2.57. The van der Waals surface area contributed by atoms with E-state index in [2.05, 4.69) is 4.99 Å². The normalized spacial score (nSPS) is 17.5. The molecule has 1 N–H and O–H groups in total. The number of benzene rings is 2. The fourth-order valence-corrected chi connectivity index (χ4v) is 3.34. The topological polar surface area (TPSA) is 70.0 Å². The van der Waals surface area contributed by atoms with Crippen LogP contribution < -0.4 is 0 Å². The molecule has 7 heteroatoms. The Bertz CT molecular complexity index is 907. The molecule has 3 rings (SSSR count). The molecule has 1 aliphatic rings. The van der Waals surface area contributed by atoms with Crippen molar-refractivity contribution in [1.29, 1.82) is 0 Å². The molecule has 2 aromatic rings. The van der Waals surface area contributed by atoms with Crippen molar-refractivity contribution >= 4 is 52.2 Å². The average molecular weight is 373 g/mol. The summed E-state index contributed by atoms with van der Waals surface area (Å²) in [5.74, 6) is -1.16. The van der Waals surface area contributed by atoms with E-state index >= 15 is 0 Å². The minimum Gasteiger partial charge on any atom is -0.478 e. The van der Waals surface area contributed by atoms with E-state index in [9.17, 15) is 9.59 Å². The monoisotopic (exact) mass is 372 g/mol. The maximum absolute atomic E-state index is 12.4. The number of hydrogen-bond acceptors (Lipinski definition) is 4. The van der Waals surface area contributed by atoms with E-state index in [0.29, 0.717) is 20.8 Å². The molecule has 0 aliphatic carbocycles. The number of amides is 1. The third kappa shape index (κ3) is 3.75. The number of aliphatic imine (C=N–C) groups is 1. The summed E-state index contributed by atoms with van der Waals surface area (Å²) in [7, 11) is 1.65. The van der Waals surface area contributed by atoms with Crippen molar-refractivity contribution in [2.75, 3.05) is 7.05 Å². The van der Waals surface area contributed by atoms with Crippen molar-refractivity contribution in [2.45, 2.75) is 0 Å². The second kappa shape index (κ2) is 7.13. The Morgan fingerprint density at radius 1 is 1.20 bits per heavy atom. The van der Waals surface area contributed by atoms with Gasteiger partial charge in [-0.1, -0.05) is 29.8 Å². The minimum atomic E-state index is -0.994. The van der Waals surface area contributed by atoms with Crippen LogP contribution in [0.25, 0.3) is 6.08 Å². The fraction of sp³-hybridized carbons (Fsp3) is 0.0556. The molecule has 0 radical (unpaired) electrons. The Kier molecular flexibility index (Phi) is 4.92. The third-order valence-electron chi connectivity index (χ3n) is 3.53. The van der Waals surface area contributed by atoms with Crippen LogP contribution in [0.4, 0.5) is 5.69 Å². The number of hydrogen-bond donors (Lipinski definition) is 1. The quantitative estimate of drug-likeness (QED) is 0.817. The molecule has 0 unspecified atom stereocenters. The van der Waals surface area contributed by atoms with Gasteiger partial charge in [0.25, 0.3) is 5.91 Å². The molecular weight excluding hydrogens is 360 g/mol. The number of nitrogens with zero attached hydrogens (tertiary/aromatic N) is 2. The van der Waals surface area contributed by atoms with Gasteiger partial charge in [0, 0.05) is 12.1 Å². The number of carboxylic acid groups (broad SMARTS) is 1. The first-order valence-corrected chi connectivity index (χ1v) is 8.49. The summed E-state index contributed by atoms with van der Waals surface area (Å²) in [6, 6.07) is 13.4. The van der Waals surface area contributed by atoms with Crippen molar-refractivity contribution in [3.8, 4) is 0 Å². The van der Waals surface area contributed by atoms with E-state index in [4.69, 9.17) is 16.7 Å². The number of thioether (sulfide) groups is 1. The Labute approximate surface area is 153 Å². The Balaban J connectivity index is 1.88. The van der Waals surface area contributed by atoms with Crippen molar-refractivity contribution in [3.63, 3.8) is 0 Å². The predicted octanol–water partition coefficient (Wildman–Crippen LogP) is 4.27. The number of amidine groups is 1. The fourth-order valence-electron chi connectivity index (χ4n) is 2.17. The van der Waals surface area contributed by atoms with Gasteiger partial charge >= 0.3 is 5.97 Å². The van der Waals surface area contributed by atoms with Gasteiger partial charge in [-0.2, -0.15) is 0 Å².